The highest BCUT2D eigenvalue weighted by atomic mass is 32.1. The van der Waals surface area contributed by atoms with E-state index in [9.17, 15) is 19.8 Å². The fraction of sp³-hybridized carbons (Fsp3) is 0.286. The minimum Gasteiger partial charge on any atom is -0.477 e. The lowest BCUT2D eigenvalue weighted by Gasteiger charge is -2.48. The first-order valence-corrected chi connectivity index (χ1v) is 11.0. The van der Waals surface area contributed by atoms with Gasteiger partial charge in [-0.3, -0.25) is 9.20 Å². The van der Waals surface area contributed by atoms with E-state index >= 15 is 0 Å². The number of β-amino-alcohol motifs (C(OH)–C–C–N with tert-alkyl or cyclic N) is 1. The second-order valence-electron chi connectivity index (χ2n) is 8.45. The van der Waals surface area contributed by atoms with Gasteiger partial charge < -0.3 is 20.0 Å². The summed E-state index contributed by atoms with van der Waals surface area (Å²) < 4.78 is 2.43. The fourth-order valence-corrected chi connectivity index (χ4v) is 5.67. The van der Waals surface area contributed by atoms with Gasteiger partial charge in [0, 0.05) is 6.54 Å². The zero-order valence-electron chi connectivity index (χ0n) is 17.7. The van der Waals surface area contributed by atoms with Crippen LogP contribution in [0.25, 0.3) is 26.1 Å². The molecule has 0 amide bonds. The van der Waals surface area contributed by atoms with Gasteiger partial charge in [-0.15, -0.1) is 11.3 Å². The van der Waals surface area contributed by atoms with Crippen LogP contribution >= 0.6 is 11.3 Å². The normalized spacial score (nSPS) is 21.6. The maximum Gasteiger partial charge on any atom is 0.342 e. The molecule has 1 atom stereocenters. The third-order valence-electron chi connectivity index (χ3n) is 5.92. The van der Waals surface area contributed by atoms with Crippen LogP contribution in [0, 0.1) is 0 Å². The van der Waals surface area contributed by atoms with E-state index in [1.165, 1.54) is 28.4 Å². The summed E-state index contributed by atoms with van der Waals surface area (Å²) in [6, 6.07) is 10.2. The maximum absolute atomic E-state index is 13.1. The van der Waals surface area contributed by atoms with Gasteiger partial charge in [0.15, 0.2) is 5.65 Å². The molecule has 33 heavy (non-hydrogen) atoms. The van der Waals surface area contributed by atoms with Crippen molar-refractivity contribution in [1.82, 2.24) is 14.3 Å². The quantitative estimate of drug-likeness (QED) is 0.431. The molecule has 1 aliphatic rings. The first-order valence-electron chi connectivity index (χ1n) is 10.2. The van der Waals surface area contributed by atoms with E-state index < -0.39 is 22.4 Å². The largest absolute Gasteiger partial charge is 0.477 e. The van der Waals surface area contributed by atoms with Crippen LogP contribution in [-0.2, 0) is 0 Å². The van der Waals surface area contributed by atoms with Gasteiger partial charge in [-0.1, -0.05) is 12.1 Å². The Labute approximate surface area is 196 Å². The lowest BCUT2D eigenvalue weighted by molar-refractivity contribution is 0.0697. The summed E-state index contributed by atoms with van der Waals surface area (Å²) in [6.07, 6.45) is 0.289. The Morgan fingerprint density at radius 3 is 2.64 bits per heavy atom. The fourth-order valence-electron chi connectivity index (χ4n) is 4.49. The lowest BCUT2D eigenvalue weighted by Crippen LogP contribution is -2.64. The number of aromatic nitrogens is 2. The van der Waals surface area contributed by atoms with Gasteiger partial charge in [-0.05, 0) is 49.6 Å². The number of hydrogen-bond donors (Lipinski definition) is 2. The number of pyridine rings is 2. The van der Waals surface area contributed by atoms with Gasteiger partial charge in [0.05, 0.1) is 31.3 Å². The van der Waals surface area contributed by atoms with Crippen LogP contribution in [0.5, 0.6) is 0 Å². The Morgan fingerprint density at radius 2 is 1.91 bits per heavy atom. The molecular formula is C21H17B3N4O4S. The third-order valence-corrected chi connectivity index (χ3v) is 7.06. The van der Waals surface area contributed by atoms with Crippen molar-refractivity contribution < 1.29 is 15.0 Å². The lowest BCUT2D eigenvalue weighted by atomic mass is 9.57. The van der Waals surface area contributed by atoms with E-state index in [1.807, 2.05) is 29.2 Å². The number of carboxylic acid groups (broad SMARTS) is 1. The zero-order chi connectivity index (χ0) is 23.7. The second-order valence-corrected chi connectivity index (χ2v) is 9.48. The van der Waals surface area contributed by atoms with Crippen molar-refractivity contribution in [3.63, 3.8) is 0 Å². The second kappa shape index (κ2) is 7.34. The minimum atomic E-state index is -1.95. The summed E-state index contributed by atoms with van der Waals surface area (Å²) in [5.41, 5.74) is -2.00. The average molecular weight is 454 g/mol. The first-order chi connectivity index (χ1) is 15.5. The minimum absolute atomic E-state index is 0.0531. The van der Waals surface area contributed by atoms with Gasteiger partial charge in [-0.2, -0.15) is 0 Å². The number of para-hydroxylation sites is 1. The molecule has 5 rings (SSSR count). The molecule has 8 nitrogen and oxygen atoms in total. The number of rotatable bonds is 2. The number of nitrogens with zero attached hydrogens (tertiary/aromatic N) is 4. The third kappa shape index (κ3) is 3.35. The maximum atomic E-state index is 13.1. The Morgan fingerprint density at radius 1 is 1.18 bits per heavy atom. The summed E-state index contributed by atoms with van der Waals surface area (Å²) in [5.74, 6) is -1.15. The number of thiazole rings is 1. The van der Waals surface area contributed by atoms with Crippen LogP contribution in [0.3, 0.4) is 0 Å². The molecule has 1 fully saturated rings. The number of aromatic carboxylic acids is 1. The predicted octanol–water partition coefficient (Wildman–Crippen LogP) is 0.708. The van der Waals surface area contributed by atoms with Gasteiger partial charge in [0.25, 0.3) is 0 Å². The number of hydrogen-bond acceptors (Lipinski definition) is 7. The summed E-state index contributed by atoms with van der Waals surface area (Å²) in [5, 5.41) is 19.4. The number of aliphatic hydroxyl groups is 1. The zero-order valence-corrected chi connectivity index (χ0v) is 18.5. The summed E-state index contributed by atoms with van der Waals surface area (Å²) >= 11 is 1.19. The highest BCUT2D eigenvalue weighted by Crippen LogP contribution is 2.34. The highest BCUT2D eigenvalue weighted by Gasteiger charge is 2.42. The smallest absolute Gasteiger partial charge is 0.342 e. The number of carbonyl (C=O) groups is 1. The van der Waals surface area contributed by atoms with Crippen molar-refractivity contribution >= 4 is 72.7 Å². The monoisotopic (exact) mass is 454 g/mol. The molecule has 1 saturated heterocycles. The Bertz CT molecular complexity index is 1500. The molecule has 0 aliphatic carbocycles. The standard InChI is InChI=1S/C21H17B3N4O4S/c1-26-9-8-20(22,23)28(21(24,32)10-26)14-7-6-11-16(29)15(19(30)31)18-27(17(11)25-14)12-4-2-3-5-13(12)33-18/h2-7,32H,8-10H2,1H3,(H,30,31). The van der Waals surface area contributed by atoms with Crippen LogP contribution in [-0.4, -0.2) is 85.1 Å². The number of fused-ring (bicyclic) bond motifs is 5. The number of likely N-dealkylation sites (N-methyl/N-ethyl adjacent to an activating group) is 1. The predicted molar refractivity (Wildman–Crippen MR) is 131 cm³/mol. The van der Waals surface area contributed by atoms with Gasteiger partial charge >= 0.3 is 5.97 Å². The molecule has 0 saturated carbocycles. The van der Waals surface area contributed by atoms with E-state index in [0.29, 0.717) is 12.1 Å². The van der Waals surface area contributed by atoms with Gasteiger partial charge in [0.1, 0.15) is 29.7 Å². The molecule has 1 aromatic carbocycles. The van der Waals surface area contributed by atoms with E-state index in [2.05, 4.69) is 4.98 Å². The summed E-state index contributed by atoms with van der Waals surface area (Å²) in [6.45, 7) is 0.551. The van der Waals surface area contributed by atoms with Crippen LogP contribution in [0.4, 0.5) is 5.82 Å². The molecule has 0 spiro atoms. The number of carboxylic acids is 1. The molecule has 3 aromatic heterocycles. The molecular weight excluding hydrogens is 437 g/mol. The van der Waals surface area contributed by atoms with Crippen molar-refractivity contribution in [2.75, 3.05) is 25.0 Å². The number of benzene rings is 1. The first kappa shape index (κ1) is 22.0. The topological polar surface area (TPSA) is 98.4 Å². The van der Waals surface area contributed by atoms with E-state index in [0.717, 1.165) is 4.70 Å². The van der Waals surface area contributed by atoms with Crippen molar-refractivity contribution in [2.45, 2.75) is 17.4 Å². The summed E-state index contributed by atoms with van der Waals surface area (Å²) in [4.78, 5) is 33.1. The van der Waals surface area contributed by atoms with Crippen molar-refractivity contribution in [3.05, 3.63) is 52.2 Å². The molecule has 1 aliphatic heterocycles. The van der Waals surface area contributed by atoms with E-state index in [1.54, 1.807) is 11.4 Å². The highest BCUT2D eigenvalue weighted by molar-refractivity contribution is 7.24. The molecule has 160 valence electrons. The van der Waals surface area contributed by atoms with Crippen molar-refractivity contribution in [3.8, 4) is 0 Å². The van der Waals surface area contributed by atoms with E-state index in [4.69, 9.17) is 23.5 Å². The van der Waals surface area contributed by atoms with Crippen molar-refractivity contribution in [2.24, 2.45) is 0 Å². The summed E-state index contributed by atoms with van der Waals surface area (Å²) in [7, 11) is 20.8. The van der Waals surface area contributed by atoms with Crippen LogP contribution in [0.15, 0.2) is 41.2 Å². The van der Waals surface area contributed by atoms with Gasteiger partial charge in [-0.25, -0.2) is 9.78 Å². The number of anilines is 1. The Hall–Kier alpha value is -2.82. The molecule has 2 N–H and O–H groups in total. The molecule has 0 bridgehead atoms. The van der Waals surface area contributed by atoms with Gasteiger partial charge in [0.2, 0.25) is 5.43 Å². The Balaban J connectivity index is 1.88. The molecule has 12 heteroatoms. The molecule has 4 aromatic rings. The average Bonchev–Trinajstić information content (AvgIpc) is 3.06. The SMILES string of the molecule is [B]C1([B])CCN(C)CC([B])(O)N1c1ccc2c(=O)c(C(=O)O)c3sc4ccccc4n3c2n1. The van der Waals surface area contributed by atoms with Crippen LogP contribution in [0.1, 0.15) is 16.8 Å². The van der Waals surface area contributed by atoms with Crippen molar-refractivity contribution in [1.29, 1.82) is 0 Å². The van der Waals surface area contributed by atoms with Crippen LogP contribution in [0.2, 0.25) is 0 Å². The molecule has 6 radical (unpaired) electrons. The molecule has 1 unspecified atom stereocenters. The van der Waals surface area contributed by atoms with E-state index in [-0.39, 0.29) is 40.2 Å². The Kier molecular flexibility index (Phi) is 4.90. The van der Waals surface area contributed by atoms with Crippen LogP contribution < -0.4 is 10.3 Å². The molecule has 4 heterocycles.